The van der Waals surface area contributed by atoms with Gasteiger partial charge in [-0.25, -0.2) is 9.59 Å². The first-order valence-electron chi connectivity index (χ1n) is 5.92. The first-order valence-corrected chi connectivity index (χ1v) is 5.92. The van der Waals surface area contributed by atoms with Gasteiger partial charge in [-0.2, -0.15) is 5.26 Å². The minimum absolute atomic E-state index is 0.0424. The Hall–Kier alpha value is -1.77. The second-order valence-electron chi connectivity index (χ2n) is 4.39. The monoisotopic (exact) mass is 256 g/mol. The highest BCUT2D eigenvalue weighted by Crippen LogP contribution is 2.17. The van der Waals surface area contributed by atoms with Crippen LogP contribution in [0.1, 0.15) is 40.0 Å². The van der Waals surface area contributed by atoms with E-state index in [1.54, 1.807) is 0 Å². The lowest BCUT2D eigenvalue weighted by atomic mass is 10.0. The molecule has 0 aliphatic rings. The highest BCUT2D eigenvalue weighted by atomic mass is 16.6. The van der Waals surface area contributed by atoms with Gasteiger partial charge in [-0.15, -0.1) is 0 Å². The van der Waals surface area contributed by atoms with E-state index in [1.165, 1.54) is 13.8 Å². The molecule has 0 rings (SSSR count). The van der Waals surface area contributed by atoms with E-state index in [0.29, 0.717) is 0 Å². The predicted molar refractivity (Wildman–Crippen MR) is 64.9 cm³/mol. The van der Waals surface area contributed by atoms with Crippen LogP contribution in [0.5, 0.6) is 0 Å². The van der Waals surface area contributed by atoms with Gasteiger partial charge in [-0.05, 0) is 20.3 Å². The number of amides is 1. The van der Waals surface area contributed by atoms with Crippen LogP contribution in [0.2, 0.25) is 0 Å². The number of carbonyl (C=O) groups excluding carboxylic acids is 1. The second kappa shape index (κ2) is 7.54. The molecule has 0 fully saturated rings. The normalized spacial score (nSPS) is 10.6. The van der Waals surface area contributed by atoms with Crippen molar-refractivity contribution in [2.24, 2.45) is 0 Å². The van der Waals surface area contributed by atoms with Gasteiger partial charge >= 0.3 is 12.1 Å². The molecule has 0 aromatic heterocycles. The molecule has 0 bridgehead atoms. The molecule has 6 nitrogen and oxygen atoms in total. The molecule has 0 heterocycles. The van der Waals surface area contributed by atoms with Crippen molar-refractivity contribution in [3.8, 4) is 6.07 Å². The minimum Gasteiger partial charge on any atom is -0.480 e. The third kappa shape index (κ3) is 4.62. The maximum absolute atomic E-state index is 11.8. The average Bonchev–Trinajstić information content (AvgIpc) is 2.29. The molecule has 0 aromatic carbocycles. The van der Waals surface area contributed by atoms with Gasteiger partial charge in [0.2, 0.25) is 0 Å². The zero-order chi connectivity index (χ0) is 14.2. The van der Waals surface area contributed by atoms with Crippen molar-refractivity contribution >= 4 is 12.1 Å². The summed E-state index contributed by atoms with van der Waals surface area (Å²) in [5, 5.41) is 17.6. The number of ether oxygens (including phenoxy) is 1. The molecule has 0 spiro atoms. The zero-order valence-corrected chi connectivity index (χ0v) is 11.1. The largest absolute Gasteiger partial charge is 0.480 e. The van der Waals surface area contributed by atoms with Crippen LogP contribution in [0.4, 0.5) is 4.79 Å². The summed E-state index contributed by atoms with van der Waals surface area (Å²) in [7, 11) is 0. The molecule has 0 aromatic rings. The molecular weight excluding hydrogens is 236 g/mol. The van der Waals surface area contributed by atoms with Crippen LogP contribution in [0.15, 0.2) is 0 Å². The highest BCUT2D eigenvalue weighted by molar-refractivity contribution is 5.83. The van der Waals surface area contributed by atoms with E-state index in [9.17, 15) is 9.59 Å². The SMILES string of the molecule is CCCCOC(=O)N(CCC#N)C(C)(C)C(=O)O. The third-order valence-electron chi connectivity index (χ3n) is 2.59. The van der Waals surface area contributed by atoms with Gasteiger partial charge < -0.3 is 9.84 Å². The fourth-order valence-electron chi connectivity index (χ4n) is 1.26. The van der Waals surface area contributed by atoms with Crippen molar-refractivity contribution in [1.29, 1.82) is 5.26 Å². The maximum atomic E-state index is 11.8. The van der Waals surface area contributed by atoms with E-state index in [2.05, 4.69) is 0 Å². The molecule has 18 heavy (non-hydrogen) atoms. The van der Waals surface area contributed by atoms with Crippen LogP contribution >= 0.6 is 0 Å². The Morgan fingerprint density at radius 2 is 2.06 bits per heavy atom. The lowest BCUT2D eigenvalue weighted by molar-refractivity contribution is -0.148. The Morgan fingerprint density at radius 1 is 1.44 bits per heavy atom. The summed E-state index contributed by atoms with van der Waals surface area (Å²) in [6.45, 7) is 5.08. The highest BCUT2D eigenvalue weighted by Gasteiger charge is 2.38. The van der Waals surface area contributed by atoms with E-state index in [-0.39, 0.29) is 19.6 Å². The molecule has 0 saturated heterocycles. The van der Waals surface area contributed by atoms with Crippen molar-refractivity contribution in [2.75, 3.05) is 13.2 Å². The van der Waals surface area contributed by atoms with E-state index in [1.807, 2.05) is 13.0 Å². The number of nitriles is 1. The molecular formula is C12H20N2O4. The van der Waals surface area contributed by atoms with E-state index in [0.717, 1.165) is 17.7 Å². The smallest absolute Gasteiger partial charge is 0.410 e. The van der Waals surface area contributed by atoms with Crippen LogP contribution in [-0.4, -0.2) is 40.8 Å². The third-order valence-corrected chi connectivity index (χ3v) is 2.59. The van der Waals surface area contributed by atoms with Crippen LogP contribution in [-0.2, 0) is 9.53 Å². The number of unbranched alkanes of at least 4 members (excludes halogenated alkanes) is 1. The van der Waals surface area contributed by atoms with E-state index in [4.69, 9.17) is 15.1 Å². The molecule has 102 valence electrons. The molecule has 0 aliphatic carbocycles. The summed E-state index contributed by atoms with van der Waals surface area (Å²) < 4.78 is 4.99. The summed E-state index contributed by atoms with van der Waals surface area (Å²) in [5.41, 5.74) is -1.39. The Kier molecular flexibility index (Phi) is 6.79. The Labute approximate surface area is 107 Å². The summed E-state index contributed by atoms with van der Waals surface area (Å²) in [4.78, 5) is 24.0. The number of rotatable bonds is 7. The zero-order valence-electron chi connectivity index (χ0n) is 11.1. The molecule has 0 aliphatic heterocycles. The van der Waals surface area contributed by atoms with Crippen LogP contribution in [0.3, 0.4) is 0 Å². The summed E-state index contributed by atoms with van der Waals surface area (Å²) >= 11 is 0. The number of nitrogens with zero attached hydrogens (tertiary/aromatic N) is 2. The Bertz CT molecular complexity index is 333. The Morgan fingerprint density at radius 3 is 2.50 bits per heavy atom. The fraction of sp³-hybridized carbons (Fsp3) is 0.750. The first kappa shape index (κ1) is 16.2. The molecule has 0 atom stereocenters. The standard InChI is InChI=1S/C12H20N2O4/c1-4-5-9-18-11(17)14(8-6-7-13)12(2,3)10(15)16/h4-6,8-9H2,1-3H3,(H,15,16). The van der Waals surface area contributed by atoms with Crippen LogP contribution in [0, 0.1) is 11.3 Å². The van der Waals surface area contributed by atoms with Crippen molar-refractivity contribution < 1.29 is 19.4 Å². The van der Waals surface area contributed by atoms with Crippen LogP contribution < -0.4 is 0 Å². The van der Waals surface area contributed by atoms with Gasteiger partial charge in [0, 0.05) is 6.54 Å². The lowest BCUT2D eigenvalue weighted by Crippen LogP contribution is -2.53. The summed E-state index contributed by atoms with van der Waals surface area (Å²) in [6, 6.07) is 1.89. The van der Waals surface area contributed by atoms with Crippen LogP contribution in [0.25, 0.3) is 0 Å². The maximum Gasteiger partial charge on any atom is 0.410 e. The number of carbonyl (C=O) groups is 2. The quantitative estimate of drug-likeness (QED) is 0.703. The number of hydrogen-bond acceptors (Lipinski definition) is 4. The van der Waals surface area contributed by atoms with Gasteiger partial charge in [0.25, 0.3) is 0 Å². The molecule has 6 heteroatoms. The average molecular weight is 256 g/mol. The Balaban J connectivity index is 4.72. The van der Waals surface area contributed by atoms with E-state index >= 15 is 0 Å². The summed E-state index contributed by atoms with van der Waals surface area (Å²) in [6.07, 6.45) is 0.990. The minimum atomic E-state index is -1.39. The molecule has 1 N–H and O–H groups in total. The lowest BCUT2D eigenvalue weighted by Gasteiger charge is -2.33. The topological polar surface area (TPSA) is 90.6 Å². The van der Waals surface area contributed by atoms with Crippen molar-refractivity contribution in [3.05, 3.63) is 0 Å². The second-order valence-corrected chi connectivity index (χ2v) is 4.39. The first-order chi connectivity index (χ1) is 8.37. The molecule has 0 saturated carbocycles. The van der Waals surface area contributed by atoms with Crippen molar-refractivity contribution in [3.63, 3.8) is 0 Å². The fourth-order valence-corrected chi connectivity index (χ4v) is 1.26. The number of hydrogen-bond donors (Lipinski definition) is 1. The van der Waals surface area contributed by atoms with Gasteiger partial charge in [-0.3, -0.25) is 4.90 Å². The van der Waals surface area contributed by atoms with Gasteiger partial charge in [0.1, 0.15) is 5.54 Å². The molecule has 0 unspecified atom stereocenters. The van der Waals surface area contributed by atoms with E-state index < -0.39 is 17.6 Å². The number of carboxylic acid groups (broad SMARTS) is 1. The summed E-state index contributed by atoms with van der Waals surface area (Å²) in [5.74, 6) is -1.13. The molecule has 1 amide bonds. The van der Waals surface area contributed by atoms with Crippen molar-refractivity contribution in [1.82, 2.24) is 4.90 Å². The van der Waals surface area contributed by atoms with Crippen molar-refractivity contribution in [2.45, 2.75) is 45.6 Å². The van der Waals surface area contributed by atoms with Gasteiger partial charge in [-0.1, -0.05) is 13.3 Å². The molecule has 0 radical (unpaired) electrons. The van der Waals surface area contributed by atoms with Gasteiger partial charge in [0.15, 0.2) is 0 Å². The van der Waals surface area contributed by atoms with Gasteiger partial charge in [0.05, 0.1) is 19.1 Å². The number of aliphatic carboxylic acids is 1. The predicted octanol–water partition coefficient (Wildman–Crippen LogP) is 2.00. The number of carboxylic acids is 1.